The van der Waals surface area contributed by atoms with Crippen LogP contribution in [0.4, 0.5) is 5.00 Å². The van der Waals surface area contributed by atoms with Crippen LogP contribution in [-0.2, 0) is 19.4 Å². The van der Waals surface area contributed by atoms with Crippen LogP contribution in [0.2, 0.25) is 0 Å². The molecule has 35 heavy (non-hydrogen) atoms. The summed E-state index contributed by atoms with van der Waals surface area (Å²) >= 11 is 1.66. The maximum absolute atomic E-state index is 13.3. The standard InChI is InChI=1S/C29H36N2O3S/c1-19(2)18-34-22-11-8-20(9-12-22)16-31-28-26(27(32)30-17-23-7-6-14-33-23)24-13-10-21(29(3,4)5)15-25(24)35-28/h6-9,11-12,14,16,19,21H,10,13,15,17-18H2,1-5H3,(H,30,32)/t21-/m0/s1. The predicted molar refractivity (Wildman–Crippen MR) is 143 cm³/mol. The first-order chi connectivity index (χ1) is 16.7. The molecular weight excluding hydrogens is 456 g/mol. The Morgan fingerprint density at radius 3 is 2.69 bits per heavy atom. The molecule has 0 saturated carbocycles. The first kappa shape index (κ1) is 25.2. The number of hydrogen-bond donors (Lipinski definition) is 1. The van der Waals surface area contributed by atoms with E-state index in [1.54, 1.807) is 17.6 Å². The van der Waals surface area contributed by atoms with Crippen molar-refractivity contribution in [1.82, 2.24) is 5.32 Å². The average molecular weight is 493 g/mol. The second-order valence-electron chi connectivity index (χ2n) is 10.8. The van der Waals surface area contributed by atoms with Gasteiger partial charge in [0, 0.05) is 11.1 Å². The number of aliphatic imine (C=N–C) groups is 1. The second-order valence-corrected chi connectivity index (χ2v) is 11.9. The van der Waals surface area contributed by atoms with Gasteiger partial charge in [0.1, 0.15) is 16.5 Å². The molecule has 0 unspecified atom stereocenters. The Hall–Kier alpha value is -2.86. The van der Waals surface area contributed by atoms with Gasteiger partial charge in [-0.25, -0.2) is 4.99 Å². The number of ether oxygens (including phenoxy) is 1. The molecule has 1 N–H and O–H groups in total. The Labute approximate surface area is 212 Å². The van der Waals surface area contributed by atoms with Crippen LogP contribution in [0.3, 0.4) is 0 Å². The number of nitrogens with one attached hydrogen (secondary N) is 1. The van der Waals surface area contributed by atoms with Crippen LogP contribution in [0.25, 0.3) is 0 Å². The lowest BCUT2D eigenvalue weighted by Crippen LogP contribution is -2.28. The topological polar surface area (TPSA) is 63.8 Å². The highest BCUT2D eigenvalue weighted by atomic mass is 32.1. The summed E-state index contributed by atoms with van der Waals surface area (Å²) in [7, 11) is 0. The molecule has 0 saturated heterocycles. The van der Waals surface area contributed by atoms with Crippen LogP contribution in [-0.4, -0.2) is 18.7 Å². The predicted octanol–water partition coefficient (Wildman–Crippen LogP) is 7.21. The highest BCUT2D eigenvalue weighted by Gasteiger charge is 2.33. The summed E-state index contributed by atoms with van der Waals surface area (Å²) in [6, 6.07) is 11.6. The van der Waals surface area contributed by atoms with Crippen LogP contribution >= 0.6 is 11.3 Å². The van der Waals surface area contributed by atoms with Crippen LogP contribution in [0.15, 0.2) is 52.1 Å². The zero-order chi connectivity index (χ0) is 25.0. The maximum Gasteiger partial charge on any atom is 0.255 e. The second kappa shape index (κ2) is 10.8. The van der Waals surface area contributed by atoms with E-state index >= 15 is 0 Å². The number of amides is 1. The summed E-state index contributed by atoms with van der Waals surface area (Å²) in [6.45, 7) is 12.2. The van der Waals surface area contributed by atoms with Crippen molar-refractivity contribution >= 4 is 28.5 Å². The molecule has 186 valence electrons. The van der Waals surface area contributed by atoms with E-state index in [1.807, 2.05) is 42.6 Å². The molecule has 1 amide bonds. The lowest BCUT2D eigenvalue weighted by atomic mass is 9.72. The number of carbonyl (C=O) groups excluding carboxylic acids is 1. The lowest BCUT2D eigenvalue weighted by molar-refractivity contribution is 0.0947. The van der Waals surface area contributed by atoms with Crippen LogP contribution in [0.1, 0.15) is 73.2 Å². The van der Waals surface area contributed by atoms with E-state index in [-0.39, 0.29) is 11.3 Å². The third-order valence-electron chi connectivity index (χ3n) is 6.50. The minimum Gasteiger partial charge on any atom is -0.493 e. The molecule has 0 bridgehead atoms. The van der Waals surface area contributed by atoms with Crippen molar-refractivity contribution in [3.05, 3.63) is 70.0 Å². The van der Waals surface area contributed by atoms with E-state index in [2.05, 4.69) is 39.9 Å². The van der Waals surface area contributed by atoms with Crippen molar-refractivity contribution in [2.75, 3.05) is 6.61 Å². The summed E-state index contributed by atoms with van der Waals surface area (Å²) in [4.78, 5) is 19.4. The van der Waals surface area contributed by atoms with Gasteiger partial charge >= 0.3 is 0 Å². The van der Waals surface area contributed by atoms with Gasteiger partial charge in [-0.3, -0.25) is 4.79 Å². The van der Waals surface area contributed by atoms with Crippen molar-refractivity contribution in [2.24, 2.45) is 22.2 Å². The number of nitrogens with zero attached hydrogens (tertiary/aromatic N) is 1. The number of fused-ring (bicyclic) bond motifs is 1. The minimum absolute atomic E-state index is 0.0855. The molecular formula is C29H36N2O3S. The van der Waals surface area contributed by atoms with Gasteiger partial charge in [-0.15, -0.1) is 11.3 Å². The molecule has 6 heteroatoms. The molecule has 0 aliphatic heterocycles. The summed E-state index contributed by atoms with van der Waals surface area (Å²) in [5.41, 5.74) is 3.10. The van der Waals surface area contributed by atoms with Crippen molar-refractivity contribution < 1.29 is 13.9 Å². The van der Waals surface area contributed by atoms with Crippen molar-refractivity contribution in [2.45, 2.75) is 60.4 Å². The fourth-order valence-corrected chi connectivity index (χ4v) is 5.62. The Kier molecular flexibility index (Phi) is 7.80. The third kappa shape index (κ3) is 6.43. The molecule has 0 spiro atoms. The number of benzene rings is 1. The molecule has 3 aromatic rings. The number of carbonyl (C=O) groups is 1. The van der Waals surface area contributed by atoms with Gasteiger partial charge in [-0.05, 0) is 84.0 Å². The number of thiophene rings is 1. The number of furan rings is 1. The lowest BCUT2D eigenvalue weighted by Gasteiger charge is -2.33. The Bertz CT molecular complexity index is 1150. The van der Waals surface area contributed by atoms with E-state index in [0.29, 0.717) is 25.0 Å². The van der Waals surface area contributed by atoms with E-state index < -0.39 is 0 Å². The fourth-order valence-electron chi connectivity index (χ4n) is 4.35. The fraction of sp³-hybridized carbons (Fsp3) is 0.448. The first-order valence-corrected chi connectivity index (χ1v) is 13.2. The molecule has 4 rings (SSSR count). The highest BCUT2D eigenvalue weighted by Crippen LogP contribution is 2.45. The summed E-state index contributed by atoms with van der Waals surface area (Å²) in [6.07, 6.45) is 6.46. The summed E-state index contributed by atoms with van der Waals surface area (Å²) in [5.74, 6) is 2.59. The molecule has 5 nitrogen and oxygen atoms in total. The monoisotopic (exact) mass is 492 g/mol. The third-order valence-corrected chi connectivity index (χ3v) is 7.66. The van der Waals surface area contributed by atoms with Crippen molar-refractivity contribution in [3.8, 4) is 5.75 Å². The number of rotatable bonds is 8. The Morgan fingerprint density at radius 2 is 2.03 bits per heavy atom. The van der Waals surface area contributed by atoms with Crippen molar-refractivity contribution in [3.63, 3.8) is 0 Å². The molecule has 2 heterocycles. The van der Waals surface area contributed by atoms with Gasteiger partial charge in [0.2, 0.25) is 0 Å². The molecule has 1 aliphatic carbocycles. The Balaban J connectivity index is 1.57. The van der Waals surface area contributed by atoms with Gasteiger partial charge in [-0.2, -0.15) is 0 Å². The van der Waals surface area contributed by atoms with Gasteiger partial charge in [0.25, 0.3) is 5.91 Å². The zero-order valence-corrected chi connectivity index (χ0v) is 22.2. The maximum atomic E-state index is 13.3. The summed E-state index contributed by atoms with van der Waals surface area (Å²) < 4.78 is 11.2. The zero-order valence-electron chi connectivity index (χ0n) is 21.4. The smallest absolute Gasteiger partial charge is 0.255 e. The quantitative estimate of drug-likeness (QED) is 0.338. The van der Waals surface area contributed by atoms with Crippen molar-refractivity contribution in [1.29, 1.82) is 0 Å². The first-order valence-electron chi connectivity index (χ1n) is 12.4. The van der Waals surface area contributed by atoms with Gasteiger partial charge in [-0.1, -0.05) is 34.6 Å². The molecule has 2 aromatic heterocycles. The molecule has 0 radical (unpaired) electrons. The van der Waals surface area contributed by atoms with Crippen LogP contribution in [0, 0.1) is 17.3 Å². The van der Waals surface area contributed by atoms with Gasteiger partial charge in [0.15, 0.2) is 0 Å². The highest BCUT2D eigenvalue weighted by molar-refractivity contribution is 7.16. The minimum atomic E-state index is -0.0855. The normalized spacial score (nSPS) is 16.0. The van der Waals surface area contributed by atoms with Gasteiger partial charge in [0.05, 0.1) is 25.0 Å². The van der Waals surface area contributed by atoms with Gasteiger partial charge < -0.3 is 14.5 Å². The number of hydrogen-bond acceptors (Lipinski definition) is 5. The summed E-state index contributed by atoms with van der Waals surface area (Å²) in [5, 5.41) is 3.81. The molecule has 1 aliphatic rings. The van der Waals surface area contributed by atoms with E-state index in [4.69, 9.17) is 14.1 Å². The molecule has 0 fully saturated rings. The molecule has 1 aromatic carbocycles. The largest absolute Gasteiger partial charge is 0.493 e. The molecule has 1 atom stereocenters. The van der Waals surface area contributed by atoms with Crippen LogP contribution in [0.5, 0.6) is 5.75 Å². The SMILES string of the molecule is CC(C)COc1ccc(C=Nc2sc3c(c2C(=O)NCc2ccco2)CC[C@H](C(C)(C)C)C3)cc1. The average Bonchev–Trinajstić information content (AvgIpc) is 3.47. The van der Waals surface area contributed by atoms with Crippen LogP contribution < -0.4 is 10.1 Å². The Morgan fingerprint density at radius 1 is 1.26 bits per heavy atom. The van der Waals surface area contributed by atoms with E-state index in [9.17, 15) is 4.79 Å². The van der Waals surface area contributed by atoms with E-state index in [0.717, 1.165) is 52.5 Å². The van der Waals surface area contributed by atoms with E-state index in [1.165, 1.54) is 4.88 Å².